The predicted molar refractivity (Wildman–Crippen MR) is 151 cm³/mol. The average molecular weight is 628 g/mol. The first-order chi connectivity index (χ1) is 19.4. The second kappa shape index (κ2) is 14.2. The number of hydrogen-bond acceptors (Lipinski definition) is 9. The van der Waals surface area contributed by atoms with Crippen LogP contribution in [0.5, 0.6) is 5.75 Å². The number of carbonyl (C=O) groups is 3. The van der Waals surface area contributed by atoms with E-state index in [1.807, 2.05) is 0 Å². The maximum absolute atomic E-state index is 13.2. The van der Waals surface area contributed by atoms with Gasteiger partial charge in [0.15, 0.2) is 28.1 Å². The number of aromatic carboxylic acids is 1. The first kappa shape index (κ1) is 31.7. The number of methoxy groups -OCH3 is 1. The summed E-state index contributed by atoms with van der Waals surface area (Å²) in [5, 5.41) is 12.6. The summed E-state index contributed by atoms with van der Waals surface area (Å²) in [6.07, 6.45) is 3.51. The van der Waals surface area contributed by atoms with E-state index in [2.05, 4.69) is 16.9 Å². The van der Waals surface area contributed by atoms with Crippen molar-refractivity contribution >= 4 is 58.7 Å². The molecule has 1 aromatic carbocycles. The molecule has 1 aliphatic rings. The quantitative estimate of drug-likeness (QED) is 0.219. The third-order valence-corrected chi connectivity index (χ3v) is 5.85. The van der Waals surface area contributed by atoms with Gasteiger partial charge in [0.25, 0.3) is 5.91 Å². The van der Waals surface area contributed by atoms with Crippen molar-refractivity contribution in [3.8, 4) is 16.9 Å². The molecule has 0 spiro atoms. The molecule has 0 atom stereocenters. The second-order valence-electron chi connectivity index (χ2n) is 8.65. The monoisotopic (exact) mass is 626 g/mol. The number of aryl methyl sites for hydroxylation is 1. The Hall–Kier alpha value is -3.80. The van der Waals surface area contributed by atoms with Crippen LogP contribution < -0.4 is 15.9 Å². The predicted octanol–water partition coefficient (Wildman–Crippen LogP) is 5.44. The summed E-state index contributed by atoms with van der Waals surface area (Å²) >= 11 is 14.4. The molecule has 0 unspecified atom stereocenters. The van der Waals surface area contributed by atoms with Crippen molar-refractivity contribution in [1.29, 1.82) is 0 Å². The van der Waals surface area contributed by atoms with Crippen molar-refractivity contribution in [1.82, 2.24) is 10.3 Å². The van der Waals surface area contributed by atoms with Crippen LogP contribution in [0, 0.1) is 12.8 Å². The van der Waals surface area contributed by atoms with E-state index in [0.717, 1.165) is 12.8 Å². The number of pyridine rings is 1. The molecule has 2 heterocycles. The number of ether oxygens (including phenoxy) is 2. The van der Waals surface area contributed by atoms with Crippen LogP contribution in [0.3, 0.4) is 0 Å². The van der Waals surface area contributed by atoms with Crippen LogP contribution in [-0.2, 0) is 11.3 Å². The molecular weight excluding hydrogens is 603 g/mol. The molecule has 3 aromatic rings. The maximum Gasteiger partial charge on any atom is 0.519 e. The minimum absolute atomic E-state index is 0.00135. The molecule has 0 aliphatic heterocycles. The summed E-state index contributed by atoms with van der Waals surface area (Å²) in [6, 6.07) is 5.62. The largest absolute Gasteiger partial charge is 0.519 e. The van der Waals surface area contributed by atoms with Crippen molar-refractivity contribution in [2.75, 3.05) is 13.7 Å². The topological polar surface area (TPSA) is 158 Å². The van der Waals surface area contributed by atoms with Crippen LogP contribution in [0.2, 0.25) is 0 Å². The van der Waals surface area contributed by atoms with Gasteiger partial charge in [0, 0.05) is 23.2 Å². The van der Waals surface area contributed by atoms with Crippen molar-refractivity contribution in [2.24, 2.45) is 5.92 Å². The van der Waals surface area contributed by atoms with E-state index < -0.39 is 34.6 Å². The highest BCUT2D eigenvalue weighted by Crippen LogP contribution is 2.34. The standard InChI is InChI=1S/C26H24N2O9.CHCl3/c1-4-15-9-18(24(30)31)17(10-20(15)34-3)16-7-8-19(23(29)27-11-14-5-6-14)28-22(16)25(32)35-12-21-13(2)36-26(33)37-21;2-1(3)4/h4,7-10,14H,1,5-6,11-12H2,2-3H3,(H,27,29)(H,30,31);1H. The highest BCUT2D eigenvalue weighted by molar-refractivity contribution is 6.63. The van der Waals surface area contributed by atoms with E-state index in [1.165, 1.54) is 44.4 Å². The highest BCUT2D eigenvalue weighted by Gasteiger charge is 2.26. The van der Waals surface area contributed by atoms with Crippen molar-refractivity contribution < 1.29 is 37.8 Å². The zero-order valence-electron chi connectivity index (χ0n) is 21.9. The lowest BCUT2D eigenvalue weighted by atomic mass is 9.95. The van der Waals surface area contributed by atoms with Gasteiger partial charge in [-0.15, -0.1) is 0 Å². The van der Waals surface area contributed by atoms with E-state index in [1.54, 1.807) is 0 Å². The van der Waals surface area contributed by atoms with Crippen LogP contribution >= 0.6 is 34.8 Å². The first-order valence-electron chi connectivity index (χ1n) is 12.0. The smallest absolute Gasteiger partial charge is 0.496 e. The van der Waals surface area contributed by atoms with Crippen molar-refractivity contribution in [2.45, 2.75) is 30.7 Å². The molecule has 0 saturated heterocycles. The van der Waals surface area contributed by atoms with E-state index in [0.29, 0.717) is 23.8 Å². The van der Waals surface area contributed by atoms with Crippen LogP contribution in [-0.4, -0.2) is 45.9 Å². The van der Waals surface area contributed by atoms with E-state index in [-0.39, 0.29) is 39.6 Å². The molecule has 1 aliphatic carbocycles. The highest BCUT2D eigenvalue weighted by atomic mass is 35.6. The number of benzene rings is 1. The van der Waals surface area contributed by atoms with Gasteiger partial charge in [0.05, 0.1) is 12.7 Å². The summed E-state index contributed by atoms with van der Waals surface area (Å²) in [5.41, 5.74) is 0.148. The summed E-state index contributed by atoms with van der Waals surface area (Å²) in [6.45, 7) is 5.19. The number of amides is 1. The number of carboxylic acid groups (broad SMARTS) is 1. The fourth-order valence-electron chi connectivity index (χ4n) is 3.65. The first-order valence-corrected chi connectivity index (χ1v) is 13.3. The van der Waals surface area contributed by atoms with Crippen LogP contribution in [0.4, 0.5) is 0 Å². The van der Waals surface area contributed by atoms with Gasteiger partial charge in [-0.3, -0.25) is 4.79 Å². The summed E-state index contributed by atoms with van der Waals surface area (Å²) < 4.78 is 19.5. The molecule has 0 bridgehead atoms. The molecule has 4 rings (SSSR count). The Labute approximate surface area is 249 Å². The minimum Gasteiger partial charge on any atom is -0.496 e. The molecule has 1 fully saturated rings. The SMILES string of the molecule is C=Cc1cc(C(=O)O)c(-c2ccc(C(=O)NCC3CC3)nc2C(=O)OCc2oc(=O)oc2C)cc1OC.ClC(Cl)Cl. The number of nitrogens with one attached hydrogen (secondary N) is 1. The summed E-state index contributed by atoms with van der Waals surface area (Å²) in [4.78, 5) is 53.5. The summed E-state index contributed by atoms with van der Waals surface area (Å²) in [7, 11) is 1.41. The zero-order valence-corrected chi connectivity index (χ0v) is 24.1. The maximum atomic E-state index is 13.2. The summed E-state index contributed by atoms with van der Waals surface area (Å²) in [5.74, 6) is -2.79. The normalized spacial score (nSPS) is 12.2. The lowest BCUT2D eigenvalue weighted by Gasteiger charge is -2.15. The number of esters is 1. The van der Waals surface area contributed by atoms with Gasteiger partial charge in [-0.2, -0.15) is 0 Å². The molecule has 0 radical (unpaired) electrons. The molecular formula is C27H25Cl3N2O9. The lowest BCUT2D eigenvalue weighted by molar-refractivity contribution is 0.0436. The Kier molecular flexibility index (Phi) is 11.0. The third kappa shape index (κ3) is 8.59. The fourth-order valence-corrected chi connectivity index (χ4v) is 3.65. The van der Waals surface area contributed by atoms with Crippen LogP contribution in [0.15, 0.2) is 44.5 Å². The Bertz CT molecular complexity index is 1510. The molecule has 1 saturated carbocycles. The fraction of sp³-hybridized carbons (Fsp3) is 0.296. The number of hydrogen-bond donors (Lipinski definition) is 2. The lowest BCUT2D eigenvalue weighted by Crippen LogP contribution is -2.27. The average Bonchev–Trinajstić information content (AvgIpc) is 3.71. The molecule has 2 N–H and O–H groups in total. The van der Waals surface area contributed by atoms with Crippen LogP contribution in [0.25, 0.3) is 17.2 Å². The van der Waals surface area contributed by atoms with Crippen molar-refractivity contribution in [3.05, 3.63) is 75.5 Å². The second-order valence-corrected chi connectivity index (χ2v) is 10.6. The Morgan fingerprint density at radius 2 is 1.88 bits per heavy atom. The number of aromatic nitrogens is 1. The molecule has 41 heavy (non-hydrogen) atoms. The number of halogens is 3. The van der Waals surface area contributed by atoms with Gasteiger partial charge in [0.1, 0.15) is 11.4 Å². The Morgan fingerprint density at radius 1 is 1.20 bits per heavy atom. The van der Waals surface area contributed by atoms with Gasteiger partial charge in [-0.25, -0.2) is 19.4 Å². The molecule has 2 aromatic heterocycles. The minimum atomic E-state index is -1.26. The third-order valence-electron chi connectivity index (χ3n) is 5.85. The van der Waals surface area contributed by atoms with Gasteiger partial charge >= 0.3 is 17.8 Å². The Balaban J connectivity index is 0.00000108. The molecule has 14 heteroatoms. The van der Waals surface area contributed by atoms with E-state index in [9.17, 15) is 24.3 Å². The number of rotatable bonds is 10. The van der Waals surface area contributed by atoms with Crippen LogP contribution in [0.1, 0.15) is 61.3 Å². The zero-order chi connectivity index (χ0) is 30.3. The number of carboxylic acids is 1. The Morgan fingerprint density at radius 3 is 2.41 bits per heavy atom. The van der Waals surface area contributed by atoms with Gasteiger partial charge in [-0.1, -0.05) is 47.5 Å². The molecule has 1 amide bonds. The molecule has 11 nitrogen and oxygen atoms in total. The van der Waals surface area contributed by atoms with E-state index >= 15 is 0 Å². The molecule has 218 valence electrons. The number of nitrogens with zero attached hydrogens (tertiary/aromatic N) is 1. The van der Waals surface area contributed by atoms with Gasteiger partial charge in [0.2, 0.25) is 0 Å². The van der Waals surface area contributed by atoms with E-state index in [4.69, 9.17) is 53.1 Å². The van der Waals surface area contributed by atoms with Gasteiger partial charge < -0.3 is 28.7 Å². The number of carbonyl (C=O) groups excluding carboxylic acids is 2. The van der Waals surface area contributed by atoms with Crippen molar-refractivity contribution in [3.63, 3.8) is 0 Å². The number of alkyl halides is 3. The van der Waals surface area contributed by atoms with Gasteiger partial charge in [-0.05, 0) is 49.9 Å².